The van der Waals surface area contributed by atoms with Crippen LogP contribution in [0, 0.1) is 17.5 Å². The Hall–Kier alpha value is -2.50. The number of nitrogens with one attached hydrogen (secondary N) is 1. The van der Waals surface area contributed by atoms with Crippen molar-refractivity contribution in [3.63, 3.8) is 0 Å². The zero-order valence-corrected chi connectivity index (χ0v) is 11.8. The van der Waals surface area contributed by atoms with Crippen molar-refractivity contribution in [2.45, 2.75) is 13.3 Å². The van der Waals surface area contributed by atoms with Gasteiger partial charge in [-0.3, -0.25) is 4.79 Å². The largest absolute Gasteiger partial charge is 0.353 e. The number of fused-ring (bicyclic) bond motifs is 1. The molecule has 0 unspecified atom stereocenters. The second-order valence-corrected chi connectivity index (χ2v) is 5.11. The maximum atomic E-state index is 13.7. The third kappa shape index (κ3) is 2.41. The first-order chi connectivity index (χ1) is 10.5. The van der Waals surface area contributed by atoms with Gasteiger partial charge in [0.25, 0.3) is 0 Å². The maximum absolute atomic E-state index is 13.7. The van der Waals surface area contributed by atoms with Crippen LogP contribution in [-0.4, -0.2) is 12.5 Å². The fraction of sp³-hybridized carbons (Fsp3) is 0.188. The molecule has 3 nitrogen and oxygen atoms in total. The van der Waals surface area contributed by atoms with Gasteiger partial charge in [-0.1, -0.05) is 0 Å². The average molecular weight is 306 g/mol. The molecule has 1 aliphatic heterocycles. The van der Waals surface area contributed by atoms with Crippen LogP contribution in [0.5, 0.6) is 0 Å². The van der Waals surface area contributed by atoms with E-state index in [2.05, 4.69) is 5.32 Å². The van der Waals surface area contributed by atoms with E-state index in [-0.39, 0.29) is 11.6 Å². The van der Waals surface area contributed by atoms with Crippen LogP contribution in [0.3, 0.4) is 0 Å². The second kappa shape index (κ2) is 5.36. The highest BCUT2D eigenvalue weighted by molar-refractivity contribution is 5.94. The van der Waals surface area contributed by atoms with E-state index in [9.17, 15) is 18.0 Å². The Bertz CT molecular complexity index is 761. The van der Waals surface area contributed by atoms with Crippen LogP contribution >= 0.6 is 0 Å². The molecule has 0 bridgehead atoms. The third-order valence-corrected chi connectivity index (χ3v) is 3.67. The monoisotopic (exact) mass is 306 g/mol. The number of carbonyl (C=O) groups is 1. The predicted molar refractivity (Wildman–Crippen MR) is 77.8 cm³/mol. The molecule has 0 saturated carbocycles. The molecule has 1 N–H and O–H groups in total. The van der Waals surface area contributed by atoms with Crippen molar-refractivity contribution < 1.29 is 18.0 Å². The summed E-state index contributed by atoms with van der Waals surface area (Å²) >= 11 is 0. The molecule has 0 fully saturated rings. The number of hydrogen-bond acceptors (Lipinski definition) is 2. The van der Waals surface area contributed by atoms with Gasteiger partial charge in [-0.2, -0.15) is 0 Å². The summed E-state index contributed by atoms with van der Waals surface area (Å²) in [6.45, 7) is 2.10. The molecular formula is C16H13F3N2O. The van der Waals surface area contributed by atoms with Crippen molar-refractivity contribution in [1.29, 1.82) is 0 Å². The average Bonchev–Trinajstić information content (AvgIpc) is 2.91. The molecule has 0 saturated heterocycles. The first-order valence-electron chi connectivity index (χ1n) is 6.79. The van der Waals surface area contributed by atoms with Gasteiger partial charge in [0.05, 0.1) is 5.69 Å². The minimum Gasteiger partial charge on any atom is -0.353 e. The molecule has 0 aromatic heterocycles. The van der Waals surface area contributed by atoms with Crippen molar-refractivity contribution in [3.05, 3.63) is 53.3 Å². The molecule has 2 aromatic carbocycles. The van der Waals surface area contributed by atoms with Crippen LogP contribution in [-0.2, 0) is 11.2 Å². The van der Waals surface area contributed by atoms with Gasteiger partial charge >= 0.3 is 0 Å². The van der Waals surface area contributed by atoms with E-state index in [1.807, 2.05) is 0 Å². The number of rotatable bonds is 2. The maximum Gasteiger partial charge on any atom is 0.223 e. The van der Waals surface area contributed by atoms with Crippen molar-refractivity contribution in [3.8, 4) is 0 Å². The van der Waals surface area contributed by atoms with E-state index in [4.69, 9.17) is 0 Å². The summed E-state index contributed by atoms with van der Waals surface area (Å²) in [4.78, 5) is 13.1. The number of nitrogens with zero attached hydrogens (tertiary/aromatic N) is 1. The number of carbonyl (C=O) groups excluding carboxylic acids is 1. The van der Waals surface area contributed by atoms with E-state index in [1.54, 1.807) is 23.1 Å². The fourth-order valence-corrected chi connectivity index (χ4v) is 2.58. The Balaban J connectivity index is 1.89. The highest BCUT2D eigenvalue weighted by Crippen LogP contribution is 2.32. The Morgan fingerprint density at radius 3 is 2.64 bits per heavy atom. The molecular weight excluding hydrogens is 293 g/mol. The lowest BCUT2D eigenvalue weighted by Gasteiger charge is -2.15. The summed E-state index contributed by atoms with van der Waals surface area (Å²) < 4.78 is 39.8. The molecule has 3 rings (SSSR count). The zero-order valence-electron chi connectivity index (χ0n) is 11.8. The van der Waals surface area contributed by atoms with Gasteiger partial charge in [0.15, 0.2) is 17.5 Å². The number of anilines is 3. The molecule has 22 heavy (non-hydrogen) atoms. The smallest absolute Gasteiger partial charge is 0.223 e. The quantitative estimate of drug-likeness (QED) is 0.857. The minimum absolute atomic E-state index is 0.0360. The number of hydrogen-bond donors (Lipinski definition) is 1. The topological polar surface area (TPSA) is 32.3 Å². The minimum atomic E-state index is -1.51. The highest BCUT2D eigenvalue weighted by Gasteiger charge is 2.22. The number of halogens is 3. The molecule has 0 atom stereocenters. The lowest BCUT2D eigenvalue weighted by atomic mass is 10.1. The van der Waals surface area contributed by atoms with Crippen LogP contribution in [0.1, 0.15) is 12.5 Å². The summed E-state index contributed by atoms with van der Waals surface area (Å²) in [5.41, 5.74) is 2.18. The summed E-state index contributed by atoms with van der Waals surface area (Å²) in [5.74, 6) is -4.03. The van der Waals surface area contributed by atoms with Gasteiger partial charge in [0, 0.05) is 24.8 Å². The first kappa shape index (κ1) is 14.4. The highest BCUT2D eigenvalue weighted by atomic mass is 19.2. The fourth-order valence-electron chi connectivity index (χ4n) is 2.58. The van der Waals surface area contributed by atoms with Crippen molar-refractivity contribution >= 4 is 23.0 Å². The van der Waals surface area contributed by atoms with E-state index >= 15 is 0 Å². The van der Waals surface area contributed by atoms with Crippen molar-refractivity contribution in [2.24, 2.45) is 0 Å². The van der Waals surface area contributed by atoms with Crippen LogP contribution in [0.25, 0.3) is 0 Å². The zero-order chi connectivity index (χ0) is 15.9. The van der Waals surface area contributed by atoms with Gasteiger partial charge in [-0.05, 0) is 42.3 Å². The molecule has 0 aliphatic carbocycles. The van der Waals surface area contributed by atoms with Crippen molar-refractivity contribution in [2.75, 3.05) is 16.8 Å². The summed E-state index contributed by atoms with van der Waals surface area (Å²) in [6.07, 6.45) is 0.699. The van der Waals surface area contributed by atoms with Crippen LogP contribution in [0.2, 0.25) is 0 Å². The molecule has 2 aromatic rings. The van der Waals surface area contributed by atoms with E-state index in [0.717, 1.165) is 23.4 Å². The summed E-state index contributed by atoms with van der Waals surface area (Å²) in [7, 11) is 0. The molecule has 1 aliphatic rings. The van der Waals surface area contributed by atoms with Crippen LogP contribution < -0.4 is 10.2 Å². The van der Waals surface area contributed by atoms with Gasteiger partial charge in [0.1, 0.15) is 0 Å². The van der Waals surface area contributed by atoms with Crippen LogP contribution in [0.4, 0.5) is 30.2 Å². The second-order valence-electron chi connectivity index (χ2n) is 5.11. The lowest BCUT2D eigenvalue weighted by Crippen LogP contribution is -2.25. The van der Waals surface area contributed by atoms with Gasteiger partial charge in [-0.15, -0.1) is 0 Å². The Kier molecular flexibility index (Phi) is 3.52. The number of benzene rings is 2. The first-order valence-corrected chi connectivity index (χ1v) is 6.79. The van der Waals surface area contributed by atoms with Gasteiger partial charge in [-0.25, -0.2) is 13.2 Å². The molecule has 0 spiro atoms. The van der Waals surface area contributed by atoms with Gasteiger partial charge in [0.2, 0.25) is 5.91 Å². The predicted octanol–water partition coefficient (Wildman–Crippen LogP) is 3.76. The SMILES string of the molecule is CC(=O)N1CCc2cc(Nc3ccc(F)c(F)c3F)ccc21. The van der Waals surface area contributed by atoms with E-state index in [1.165, 1.54) is 6.92 Å². The molecule has 114 valence electrons. The van der Waals surface area contributed by atoms with Gasteiger partial charge < -0.3 is 10.2 Å². The molecule has 1 heterocycles. The molecule has 1 amide bonds. The Labute approximate surface area is 125 Å². The Morgan fingerprint density at radius 1 is 1.14 bits per heavy atom. The molecule has 0 radical (unpaired) electrons. The molecule has 6 heteroatoms. The standard InChI is InChI=1S/C16H13F3N2O/c1-9(22)21-7-6-10-8-11(2-5-14(10)21)20-13-4-3-12(17)15(18)16(13)19/h2-5,8,20H,6-7H2,1H3. The summed E-state index contributed by atoms with van der Waals surface area (Å²) in [5, 5.41) is 2.73. The lowest BCUT2D eigenvalue weighted by molar-refractivity contribution is -0.116. The van der Waals surface area contributed by atoms with E-state index in [0.29, 0.717) is 18.7 Å². The van der Waals surface area contributed by atoms with Crippen LogP contribution in [0.15, 0.2) is 30.3 Å². The number of amides is 1. The third-order valence-electron chi connectivity index (χ3n) is 3.67. The van der Waals surface area contributed by atoms with Crippen molar-refractivity contribution in [1.82, 2.24) is 0 Å². The van der Waals surface area contributed by atoms with E-state index < -0.39 is 17.5 Å². The summed E-state index contributed by atoms with van der Waals surface area (Å²) in [6, 6.07) is 7.21. The Morgan fingerprint density at radius 2 is 1.91 bits per heavy atom. The normalized spacial score (nSPS) is 13.2.